The van der Waals surface area contributed by atoms with E-state index in [0.29, 0.717) is 10.9 Å². The lowest BCUT2D eigenvalue weighted by Gasteiger charge is -2.07. The standard InChI is InChI=1S/C19H12F2O3/c20-13-8-9-17(21)16(10-13)18(22)11-24-19(23)15-7-3-5-12-4-1-2-6-14(12)15/h1-10H,11H2. The van der Waals surface area contributed by atoms with E-state index in [0.717, 1.165) is 23.6 Å². The van der Waals surface area contributed by atoms with E-state index in [-0.39, 0.29) is 0 Å². The van der Waals surface area contributed by atoms with Crippen LogP contribution < -0.4 is 0 Å². The highest BCUT2D eigenvalue weighted by molar-refractivity contribution is 6.06. The molecule has 0 aliphatic heterocycles. The number of esters is 1. The van der Waals surface area contributed by atoms with Gasteiger partial charge in [0, 0.05) is 0 Å². The molecule has 0 fully saturated rings. The molecule has 3 rings (SSSR count). The van der Waals surface area contributed by atoms with Crippen molar-refractivity contribution in [3.05, 3.63) is 83.4 Å². The van der Waals surface area contributed by atoms with Gasteiger partial charge < -0.3 is 4.74 Å². The van der Waals surface area contributed by atoms with Gasteiger partial charge in [0.05, 0.1) is 11.1 Å². The third-order valence-electron chi connectivity index (χ3n) is 3.57. The van der Waals surface area contributed by atoms with Crippen molar-refractivity contribution in [2.45, 2.75) is 0 Å². The number of carbonyl (C=O) groups excluding carboxylic acids is 2. The fourth-order valence-electron chi connectivity index (χ4n) is 2.40. The Balaban J connectivity index is 1.78. The Morgan fingerprint density at radius 3 is 2.46 bits per heavy atom. The summed E-state index contributed by atoms with van der Waals surface area (Å²) in [5.41, 5.74) is -0.138. The van der Waals surface area contributed by atoms with Crippen LogP contribution in [0.25, 0.3) is 10.8 Å². The van der Waals surface area contributed by atoms with E-state index in [1.54, 1.807) is 24.3 Å². The fourth-order valence-corrected chi connectivity index (χ4v) is 2.40. The Morgan fingerprint density at radius 2 is 1.62 bits per heavy atom. The van der Waals surface area contributed by atoms with Gasteiger partial charge in [-0.2, -0.15) is 0 Å². The second-order valence-corrected chi connectivity index (χ2v) is 5.15. The summed E-state index contributed by atoms with van der Waals surface area (Å²) in [4.78, 5) is 24.1. The molecule has 0 bridgehead atoms. The van der Waals surface area contributed by atoms with Crippen LogP contribution in [0.3, 0.4) is 0 Å². The summed E-state index contributed by atoms with van der Waals surface area (Å²) in [7, 11) is 0. The van der Waals surface area contributed by atoms with Crippen LogP contribution in [0.2, 0.25) is 0 Å². The zero-order valence-corrected chi connectivity index (χ0v) is 12.5. The summed E-state index contributed by atoms with van der Waals surface area (Å²) in [6.45, 7) is -0.664. The fraction of sp³-hybridized carbons (Fsp3) is 0.0526. The van der Waals surface area contributed by atoms with Crippen molar-refractivity contribution in [3.63, 3.8) is 0 Å². The van der Waals surface area contributed by atoms with Gasteiger partial charge in [0.15, 0.2) is 6.61 Å². The number of fused-ring (bicyclic) bond motifs is 1. The van der Waals surface area contributed by atoms with Crippen molar-refractivity contribution >= 4 is 22.5 Å². The van der Waals surface area contributed by atoms with Crippen molar-refractivity contribution < 1.29 is 23.1 Å². The number of ketones is 1. The van der Waals surface area contributed by atoms with Gasteiger partial charge in [-0.1, -0.05) is 36.4 Å². The number of ether oxygens (including phenoxy) is 1. The molecule has 0 radical (unpaired) electrons. The second kappa shape index (κ2) is 6.58. The highest BCUT2D eigenvalue weighted by atomic mass is 19.1. The van der Waals surface area contributed by atoms with Crippen LogP contribution in [0.1, 0.15) is 20.7 Å². The lowest BCUT2D eigenvalue weighted by molar-refractivity contribution is 0.0475. The Bertz CT molecular complexity index is 930. The Hall–Kier alpha value is -3.08. The molecule has 3 aromatic rings. The monoisotopic (exact) mass is 326 g/mol. The van der Waals surface area contributed by atoms with E-state index in [4.69, 9.17) is 4.74 Å². The summed E-state index contributed by atoms with van der Waals surface area (Å²) in [5.74, 6) is -3.10. The number of benzene rings is 3. The first-order valence-corrected chi connectivity index (χ1v) is 7.19. The molecule has 0 heterocycles. The first kappa shape index (κ1) is 15.8. The summed E-state index contributed by atoms with van der Waals surface area (Å²) in [5, 5.41) is 1.55. The number of hydrogen-bond acceptors (Lipinski definition) is 3. The van der Waals surface area contributed by atoms with Gasteiger partial charge in [0.2, 0.25) is 5.78 Å². The molecule has 0 aromatic heterocycles. The van der Waals surface area contributed by atoms with E-state index in [1.807, 2.05) is 18.2 Å². The summed E-state index contributed by atoms with van der Waals surface area (Å²) in [6, 6.07) is 14.9. The van der Waals surface area contributed by atoms with Crippen molar-refractivity contribution in [3.8, 4) is 0 Å². The maximum absolute atomic E-state index is 13.5. The van der Waals surface area contributed by atoms with Crippen LogP contribution in [0, 0.1) is 11.6 Å². The van der Waals surface area contributed by atoms with Gasteiger partial charge in [-0.3, -0.25) is 4.79 Å². The Morgan fingerprint density at radius 1 is 0.875 bits per heavy atom. The maximum atomic E-state index is 13.5. The minimum absolute atomic E-state index is 0.306. The molecular formula is C19H12F2O3. The van der Waals surface area contributed by atoms with Gasteiger partial charge in [-0.05, 0) is 35.0 Å². The van der Waals surface area contributed by atoms with Crippen LogP contribution in [-0.2, 0) is 4.74 Å². The van der Waals surface area contributed by atoms with Crippen LogP contribution >= 0.6 is 0 Å². The number of rotatable bonds is 4. The lowest BCUT2D eigenvalue weighted by Crippen LogP contribution is -2.16. The van der Waals surface area contributed by atoms with Crippen LogP contribution in [0.5, 0.6) is 0 Å². The highest BCUT2D eigenvalue weighted by Crippen LogP contribution is 2.19. The number of hydrogen-bond donors (Lipinski definition) is 0. The van der Waals surface area contributed by atoms with E-state index in [1.165, 1.54) is 0 Å². The molecule has 0 atom stereocenters. The quantitative estimate of drug-likeness (QED) is 0.534. The van der Waals surface area contributed by atoms with Gasteiger partial charge in [-0.25, -0.2) is 13.6 Å². The molecule has 3 aromatic carbocycles. The van der Waals surface area contributed by atoms with Gasteiger partial charge in [-0.15, -0.1) is 0 Å². The predicted octanol–water partition coefficient (Wildman–Crippen LogP) is 4.16. The average Bonchev–Trinajstić information content (AvgIpc) is 2.61. The Kier molecular flexibility index (Phi) is 4.33. The van der Waals surface area contributed by atoms with Crippen LogP contribution in [-0.4, -0.2) is 18.4 Å². The van der Waals surface area contributed by atoms with Crippen LogP contribution in [0.15, 0.2) is 60.7 Å². The summed E-state index contributed by atoms with van der Waals surface area (Å²) < 4.78 is 31.6. The molecule has 0 amide bonds. The Labute approximate surface area is 136 Å². The molecule has 0 aliphatic rings. The van der Waals surface area contributed by atoms with Crippen molar-refractivity contribution in [2.75, 3.05) is 6.61 Å². The molecule has 0 saturated carbocycles. The van der Waals surface area contributed by atoms with Crippen molar-refractivity contribution in [2.24, 2.45) is 0 Å². The van der Waals surface area contributed by atoms with Crippen molar-refractivity contribution in [1.29, 1.82) is 0 Å². The lowest BCUT2D eigenvalue weighted by atomic mass is 10.0. The average molecular weight is 326 g/mol. The highest BCUT2D eigenvalue weighted by Gasteiger charge is 2.17. The number of carbonyl (C=O) groups is 2. The molecule has 24 heavy (non-hydrogen) atoms. The topological polar surface area (TPSA) is 43.4 Å². The molecular weight excluding hydrogens is 314 g/mol. The molecule has 3 nitrogen and oxygen atoms in total. The molecule has 5 heteroatoms. The molecule has 0 spiro atoms. The molecule has 0 saturated heterocycles. The summed E-state index contributed by atoms with van der Waals surface area (Å²) >= 11 is 0. The molecule has 120 valence electrons. The maximum Gasteiger partial charge on any atom is 0.339 e. The zero-order valence-electron chi connectivity index (χ0n) is 12.5. The number of Topliss-reactive ketones (excluding diaryl/α,β-unsaturated/α-hetero) is 1. The minimum atomic E-state index is -0.859. The largest absolute Gasteiger partial charge is 0.454 e. The third-order valence-corrected chi connectivity index (χ3v) is 3.57. The predicted molar refractivity (Wildman–Crippen MR) is 84.9 cm³/mol. The van der Waals surface area contributed by atoms with Gasteiger partial charge in [0.1, 0.15) is 11.6 Å². The molecule has 0 unspecified atom stereocenters. The van der Waals surface area contributed by atoms with E-state index >= 15 is 0 Å². The second-order valence-electron chi connectivity index (χ2n) is 5.15. The van der Waals surface area contributed by atoms with Gasteiger partial charge >= 0.3 is 5.97 Å². The smallest absolute Gasteiger partial charge is 0.339 e. The third kappa shape index (κ3) is 3.15. The van der Waals surface area contributed by atoms with E-state index in [2.05, 4.69) is 0 Å². The molecule has 0 aliphatic carbocycles. The SMILES string of the molecule is O=C(COC(=O)c1cccc2ccccc12)c1cc(F)ccc1F. The first-order valence-electron chi connectivity index (χ1n) is 7.19. The zero-order chi connectivity index (χ0) is 17.1. The van der Waals surface area contributed by atoms with Gasteiger partial charge in [0.25, 0.3) is 0 Å². The molecule has 0 N–H and O–H groups in total. The van der Waals surface area contributed by atoms with E-state index in [9.17, 15) is 18.4 Å². The van der Waals surface area contributed by atoms with Crippen molar-refractivity contribution in [1.82, 2.24) is 0 Å². The van der Waals surface area contributed by atoms with E-state index < -0.39 is 35.6 Å². The van der Waals surface area contributed by atoms with Crippen LogP contribution in [0.4, 0.5) is 8.78 Å². The first-order chi connectivity index (χ1) is 11.6. The minimum Gasteiger partial charge on any atom is -0.454 e. The normalized spacial score (nSPS) is 10.6. The number of halogens is 2. The summed E-state index contributed by atoms with van der Waals surface area (Å²) in [6.07, 6.45) is 0.